The maximum atomic E-state index is 14.9. The average Bonchev–Trinajstić information content (AvgIpc) is 3.46. The fourth-order valence-electron chi connectivity index (χ4n) is 4.10. The van der Waals surface area contributed by atoms with Crippen LogP contribution in [0, 0.1) is 19.7 Å². The van der Waals surface area contributed by atoms with E-state index in [9.17, 15) is 12.8 Å². The molecule has 0 spiro atoms. The van der Waals surface area contributed by atoms with Gasteiger partial charge in [0.05, 0.1) is 11.2 Å². The molecule has 1 fully saturated rings. The average molecular weight is 479 g/mol. The van der Waals surface area contributed by atoms with E-state index in [1.165, 1.54) is 29.0 Å². The first-order chi connectivity index (χ1) is 15.1. The quantitative estimate of drug-likeness (QED) is 0.562. The van der Waals surface area contributed by atoms with Crippen molar-refractivity contribution in [2.75, 3.05) is 29.8 Å². The van der Waals surface area contributed by atoms with E-state index in [1.807, 2.05) is 30.6 Å². The number of halogens is 1. The lowest BCUT2D eigenvalue weighted by Gasteiger charge is -2.29. The SMILES string of the molecule is Cc1cc(S(=O)(=O)Nc2cscn2)c(F)cc1N(C)C1CCN(Cc2cc(C)n(C)n2)C1. The lowest BCUT2D eigenvalue weighted by molar-refractivity contribution is 0.320. The molecular weight excluding hydrogens is 451 g/mol. The van der Waals surface area contributed by atoms with Gasteiger partial charge in [0, 0.05) is 56.5 Å². The van der Waals surface area contributed by atoms with E-state index in [0.29, 0.717) is 11.3 Å². The summed E-state index contributed by atoms with van der Waals surface area (Å²) in [6.45, 7) is 6.37. The second kappa shape index (κ2) is 8.80. The highest BCUT2D eigenvalue weighted by Crippen LogP contribution is 2.30. The molecule has 11 heteroatoms. The number of likely N-dealkylation sites (tertiary alicyclic amines) is 1. The topological polar surface area (TPSA) is 83.4 Å². The van der Waals surface area contributed by atoms with Gasteiger partial charge < -0.3 is 4.90 Å². The molecule has 32 heavy (non-hydrogen) atoms. The molecule has 0 saturated carbocycles. The van der Waals surface area contributed by atoms with Gasteiger partial charge in [-0.2, -0.15) is 5.10 Å². The van der Waals surface area contributed by atoms with Crippen LogP contribution >= 0.6 is 11.3 Å². The summed E-state index contributed by atoms with van der Waals surface area (Å²) < 4.78 is 44.4. The van der Waals surface area contributed by atoms with Crippen LogP contribution in [0.5, 0.6) is 0 Å². The third-order valence-electron chi connectivity index (χ3n) is 5.94. The Balaban J connectivity index is 1.48. The Morgan fingerprint density at radius 2 is 2.09 bits per heavy atom. The summed E-state index contributed by atoms with van der Waals surface area (Å²) in [4.78, 5) is 7.92. The summed E-state index contributed by atoms with van der Waals surface area (Å²) in [6, 6.07) is 5.00. The molecule has 8 nitrogen and oxygen atoms in total. The molecule has 3 aromatic rings. The maximum absolute atomic E-state index is 14.9. The van der Waals surface area contributed by atoms with E-state index in [4.69, 9.17) is 0 Å². The maximum Gasteiger partial charge on any atom is 0.266 e. The van der Waals surface area contributed by atoms with Crippen molar-refractivity contribution in [3.63, 3.8) is 0 Å². The number of hydrogen-bond acceptors (Lipinski definition) is 7. The molecule has 1 unspecified atom stereocenters. The minimum absolute atomic E-state index is 0.183. The number of rotatable bonds is 7. The molecule has 1 aromatic carbocycles. The van der Waals surface area contributed by atoms with Crippen LogP contribution in [-0.2, 0) is 23.6 Å². The summed E-state index contributed by atoms with van der Waals surface area (Å²) in [7, 11) is -0.189. The molecule has 0 bridgehead atoms. The van der Waals surface area contributed by atoms with E-state index in [2.05, 4.69) is 25.8 Å². The van der Waals surface area contributed by atoms with Crippen LogP contribution in [0.25, 0.3) is 0 Å². The molecule has 1 atom stereocenters. The first kappa shape index (κ1) is 22.7. The molecule has 172 valence electrons. The number of likely N-dealkylation sites (N-methyl/N-ethyl adjacent to an activating group) is 1. The molecule has 1 N–H and O–H groups in total. The summed E-state index contributed by atoms with van der Waals surface area (Å²) >= 11 is 1.26. The lowest BCUT2D eigenvalue weighted by Crippen LogP contribution is -2.35. The summed E-state index contributed by atoms with van der Waals surface area (Å²) in [5.74, 6) is -0.596. The molecule has 0 aliphatic carbocycles. The van der Waals surface area contributed by atoms with Gasteiger partial charge in [-0.25, -0.2) is 17.8 Å². The van der Waals surface area contributed by atoms with E-state index in [0.717, 1.165) is 37.4 Å². The second-order valence-electron chi connectivity index (χ2n) is 8.24. The Morgan fingerprint density at radius 1 is 1.31 bits per heavy atom. The highest BCUT2D eigenvalue weighted by Gasteiger charge is 2.29. The largest absolute Gasteiger partial charge is 0.370 e. The van der Waals surface area contributed by atoms with Crippen molar-refractivity contribution in [2.45, 2.75) is 37.8 Å². The Hall–Kier alpha value is -2.50. The number of benzene rings is 1. The standard InChI is InChI=1S/C21H27FN6O2S2/c1-14-7-20(32(29,30)25-21-12-31-13-23-21)18(22)9-19(14)26(3)17-5-6-28(11-17)10-16-8-15(2)27(4)24-16/h7-9,12-13,17,25H,5-6,10-11H2,1-4H3. The third-order valence-corrected chi connectivity index (χ3v) is 7.89. The fraction of sp³-hybridized carbons (Fsp3) is 0.429. The minimum atomic E-state index is -4.06. The summed E-state index contributed by atoms with van der Waals surface area (Å²) in [5.41, 5.74) is 5.07. The number of aryl methyl sites for hydroxylation is 3. The first-order valence-corrected chi connectivity index (χ1v) is 12.7. The molecule has 0 amide bonds. The number of nitrogens with zero attached hydrogens (tertiary/aromatic N) is 5. The van der Waals surface area contributed by atoms with Crippen LogP contribution in [0.4, 0.5) is 15.9 Å². The van der Waals surface area contributed by atoms with Crippen molar-refractivity contribution in [1.82, 2.24) is 19.7 Å². The van der Waals surface area contributed by atoms with Gasteiger partial charge in [0.15, 0.2) is 5.82 Å². The van der Waals surface area contributed by atoms with Gasteiger partial charge in [0.2, 0.25) is 0 Å². The molecule has 4 rings (SSSR count). The summed E-state index contributed by atoms with van der Waals surface area (Å²) in [6.07, 6.45) is 0.939. The number of sulfonamides is 1. The van der Waals surface area contributed by atoms with Crippen molar-refractivity contribution in [2.24, 2.45) is 7.05 Å². The van der Waals surface area contributed by atoms with E-state index in [-0.39, 0.29) is 16.8 Å². The first-order valence-electron chi connectivity index (χ1n) is 10.3. The van der Waals surface area contributed by atoms with Crippen LogP contribution in [0.2, 0.25) is 0 Å². The zero-order valence-electron chi connectivity index (χ0n) is 18.5. The Morgan fingerprint density at radius 3 is 2.75 bits per heavy atom. The molecule has 1 aliphatic rings. The third kappa shape index (κ3) is 4.64. The molecule has 1 aliphatic heterocycles. The highest BCUT2D eigenvalue weighted by molar-refractivity contribution is 7.92. The Kier molecular flexibility index (Phi) is 6.24. The van der Waals surface area contributed by atoms with Gasteiger partial charge in [-0.05, 0) is 44.0 Å². The van der Waals surface area contributed by atoms with Crippen LogP contribution in [0.1, 0.15) is 23.4 Å². The number of aromatic nitrogens is 3. The minimum Gasteiger partial charge on any atom is -0.370 e. The number of nitrogens with one attached hydrogen (secondary N) is 1. The Bertz CT molecular complexity index is 1190. The highest BCUT2D eigenvalue weighted by atomic mass is 32.2. The smallest absolute Gasteiger partial charge is 0.266 e. The predicted octanol–water partition coefficient (Wildman–Crippen LogP) is 3.14. The van der Waals surface area contributed by atoms with Crippen LogP contribution < -0.4 is 9.62 Å². The molecule has 1 saturated heterocycles. The van der Waals surface area contributed by atoms with Gasteiger partial charge in [-0.1, -0.05) is 0 Å². The molecular formula is C21H27FN6O2S2. The van der Waals surface area contributed by atoms with Gasteiger partial charge in [-0.3, -0.25) is 14.3 Å². The predicted molar refractivity (Wildman–Crippen MR) is 124 cm³/mol. The normalized spacial score (nSPS) is 17.1. The molecule has 3 heterocycles. The van der Waals surface area contributed by atoms with Crippen molar-refractivity contribution >= 4 is 32.9 Å². The zero-order chi connectivity index (χ0) is 23.0. The monoisotopic (exact) mass is 478 g/mol. The molecule has 2 aromatic heterocycles. The Labute approximate surface area is 191 Å². The zero-order valence-corrected chi connectivity index (χ0v) is 20.2. The number of thiazole rings is 1. The van der Waals surface area contributed by atoms with Gasteiger partial charge >= 0.3 is 0 Å². The van der Waals surface area contributed by atoms with Crippen LogP contribution in [-0.4, -0.2) is 54.3 Å². The van der Waals surface area contributed by atoms with Crippen molar-refractivity contribution in [3.05, 3.63) is 51.9 Å². The lowest BCUT2D eigenvalue weighted by atomic mass is 10.1. The van der Waals surface area contributed by atoms with Gasteiger partial charge in [0.1, 0.15) is 10.7 Å². The van der Waals surface area contributed by atoms with Gasteiger partial charge in [0.25, 0.3) is 10.0 Å². The van der Waals surface area contributed by atoms with Crippen molar-refractivity contribution in [3.8, 4) is 0 Å². The number of anilines is 2. The summed E-state index contributed by atoms with van der Waals surface area (Å²) in [5, 5.41) is 6.09. The van der Waals surface area contributed by atoms with Crippen LogP contribution in [0.3, 0.4) is 0 Å². The number of hydrogen-bond donors (Lipinski definition) is 1. The van der Waals surface area contributed by atoms with Crippen molar-refractivity contribution < 1.29 is 12.8 Å². The van der Waals surface area contributed by atoms with E-state index < -0.39 is 15.8 Å². The fourth-order valence-corrected chi connectivity index (χ4v) is 5.80. The second-order valence-corrected chi connectivity index (χ2v) is 10.6. The van der Waals surface area contributed by atoms with E-state index in [1.54, 1.807) is 12.3 Å². The van der Waals surface area contributed by atoms with Crippen molar-refractivity contribution in [1.29, 1.82) is 0 Å². The van der Waals surface area contributed by atoms with Gasteiger partial charge in [-0.15, -0.1) is 11.3 Å². The van der Waals surface area contributed by atoms with E-state index >= 15 is 0 Å². The van der Waals surface area contributed by atoms with Crippen LogP contribution in [0.15, 0.2) is 34.0 Å². The molecule has 0 radical (unpaired) electrons.